The molecule has 0 fully saturated rings. The van der Waals surface area contributed by atoms with Crippen molar-refractivity contribution in [3.8, 4) is 11.8 Å². The number of hydrogen-bond donors (Lipinski definition) is 1. The summed E-state index contributed by atoms with van der Waals surface area (Å²) in [4.78, 5) is 0. The number of rotatable bonds is 8. The molecule has 0 saturated heterocycles. The third-order valence-corrected chi connectivity index (χ3v) is 3.24. The molecule has 4 heteroatoms. The van der Waals surface area contributed by atoms with Crippen LogP contribution in [0, 0.1) is 24.1 Å². The van der Waals surface area contributed by atoms with Gasteiger partial charge in [0.05, 0.1) is 12.7 Å². The molecule has 1 atom stereocenters. The quantitative estimate of drug-likeness (QED) is 0.739. The van der Waals surface area contributed by atoms with Crippen molar-refractivity contribution in [1.82, 2.24) is 5.32 Å². The van der Waals surface area contributed by atoms with Crippen LogP contribution < -0.4 is 10.1 Å². The van der Waals surface area contributed by atoms with E-state index in [9.17, 15) is 9.65 Å². The van der Waals surface area contributed by atoms with E-state index in [2.05, 4.69) is 18.3 Å². The zero-order valence-corrected chi connectivity index (χ0v) is 12.5. The van der Waals surface area contributed by atoms with Gasteiger partial charge in [-0.05, 0) is 51.3 Å². The first-order valence-corrected chi connectivity index (χ1v) is 7.06. The van der Waals surface area contributed by atoms with Crippen molar-refractivity contribution in [1.29, 1.82) is 5.26 Å². The molecule has 0 bridgehead atoms. The normalized spacial score (nSPS) is 13.6. The molecule has 0 amide bonds. The highest BCUT2D eigenvalue weighted by atomic mass is 19.1. The maximum Gasteiger partial charge on any atom is 0.126 e. The largest absolute Gasteiger partial charge is 0.493 e. The summed E-state index contributed by atoms with van der Waals surface area (Å²) < 4.78 is 18.7. The summed E-state index contributed by atoms with van der Waals surface area (Å²) in [6.07, 6.45) is 2.45. The van der Waals surface area contributed by atoms with E-state index in [1.54, 1.807) is 6.07 Å². The first kappa shape index (κ1) is 16.5. The summed E-state index contributed by atoms with van der Waals surface area (Å²) in [5, 5.41) is 12.4. The van der Waals surface area contributed by atoms with Gasteiger partial charge in [-0.3, -0.25) is 5.32 Å². The summed E-state index contributed by atoms with van der Waals surface area (Å²) in [6, 6.07) is 6.82. The summed E-state index contributed by atoms with van der Waals surface area (Å²) in [7, 11) is 0. The Balaban J connectivity index is 2.41. The molecule has 1 rings (SSSR count). The lowest BCUT2D eigenvalue weighted by Crippen LogP contribution is -2.41. The first-order chi connectivity index (χ1) is 9.50. The molecule has 0 heterocycles. The summed E-state index contributed by atoms with van der Waals surface area (Å²) in [5.74, 6) is 0.280. The number of hydrogen-bond acceptors (Lipinski definition) is 3. The van der Waals surface area contributed by atoms with Crippen LogP contribution in [-0.2, 0) is 0 Å². The van der Waals surface area contributed by atoms with Gasteiger partial charge < -0.3 is 4.74 Å². The highest BCUT2D eigenvalue weighted by Gasteiger charge is 2.21. The number of nitriles is 1. The number of aryl methyl sites for hydroxylation is 1. The smallest absolute Gasteiger partial charge is 0.126 e. The zero-order chi connectivity index (χ0) is 15.0. The number of nitrogens with one attached hydrogen (secondary N) is 1. The second kappa shape index (κ2) is 7.86. The average molecular weight is 278 g/mol. The van der Waals surface area contributed by atoms with E-state index in [1.165, 1.54) is 12.1 Å². The SMILES string of the molecule is CCCNC(C)(C#N)CCCOc1cc(F)ccc1C. The van der Waals surface area contributed by atoms with Crippen molar-refractivity contribution in [2.24, 2.45) is 0 Å². The minimum Gasteiger partial charge on any atom is -0.493 e. The van der Waals surface area contributed by atoms with Gasteiger partial charge in [0.25, 0.3) is 0 Å². The highest BCUT2D eigenvalue weighted by molar-refractivity contribution is 5.32. The van der Waals surface area contributed by atoms with Gasteiger partial charge in [-0.1, -0.05) is 13.0 Å². The third-order valence-electron chi connectivity index (χ3n) is 3.24. The van der Waals surface area contributed by atoms with Gasteiger partial charge in [-0.25, -0.2) is 4.39 Å². The van der Waals surface area contributed by atoms with Crippen LogP contribution >= 0.6 is 0 Å². The lowest BCUT2D eigenvalue weighted by molar-refractivity contribution is 0.283. The molecule has 110 valence electrons. The van der Waals surface area contributed by atoms with Crippen LogP contribution in [0.2, 0.25) is 0 Å². The van der Waals surface area contributed by atoms with E-state index in [0.717, 1.165) is 24.9 Å². The van der Waals surface area contributed by atoms with Crippen molar-refractivity contribution in [3.63, 3.8) is 0 Å². The van der Waals surface area contributed by atoms with E-state index >= 15 is 0 Å². The van der Waals surface area contributed by atoms with Gasteiger partial charge in [0.1, 0.15) is 17.1 Å². The summed E-state index contributed by atoms with van der Waals surface area (Å²) in [6.45, 7) is 7.16. The van der Waals surface area contributed by atoms with Crippen LogP contribution in [0.15, 0.2) is 18.2 Å². The van der Waals surface area contributed by atoms with Gasteiger partial charge >= 0.3 is 0 Å². The molecule has 0 radical (unpaired) electrons. The summed E-state index contributed by atoms with van der Waals surface area (Å²) >= 11 is 0. The van der Waals surface area contributed by atoms with Gasteiger partial charge in [0.15, 0.2) is 0 Å². The molecular weight excluding hydrogens is 255 g/mol. The minimum absolute atomic E-state index is 0.294. The van der Waals surface area contributed by atoms with E-state index in [1.807, 2.05) is 13.8 Å². The highest BCUT2D eigenvalue weighted by Crippen LogP contribution is 2.19. The minimum atomic E-state index is -0.518. The van der Waals surface area contributed by atoms with E-state index < -0.39 is 5.54 Å². The average Bonchev–Trinajstić information content (AvgIpc) is 2.45. The van der Waals surface area contributed by atoms with Crippen LogP contribution in [0.4, 0.5) is 4.39 Å². The Kier molecular flexibility index (Phi) is 6.47. The number of nitrogens with zero attached hydrogens (tertiary/aromatic N) is 1. The monoisotopic (exact) mass is 278 g/mol. The molecule has 1 N–H and O–H groups in total. The maximum atomic E-state index is 13.1. The van der Waals surface area contributed by atoms with Gasteiger partial charge in [0.2, 0.25) is 0 Å². The van der Waals surface area contributed by atoms with E-state index in [0.29, 0.717) is 18.8 Å². The maximum absolute atomic E-state index is 13.1. The van der Waals surface area contributed by atoms with Crippen LogP contribution in [0.3, 0.4) is 0 Å². The van der Waals surface area contributed by atoms with Crippen molar-refractivity contribution in [2.45, 2.75) is 45.6 Å². The predicted octanol–water partition coefficient (Wildman–Crippen LogP) is 3.58. The Labute approximate surface area is 120 Å². The molecule has 20 heavy (non-hydrogen) atoms. The molecule has 3 nitrogen and oxygen atoms in total. The molecule has 0 aromatic heterocycles. The van der Waals surface area contributed by atoms with Crippen molar-refractivity contribution >= 4 is 0 Å². The van der Waals surface area contributed by atoms with Gasteiger partial charge in [-0.15, -0.1) is 0 Å². The Morgan fingerprint density at radius 1 is 1.45 bits per heavy atom. The second-order valence-electron chi connectivity index (χ2n) is 5.23. The lowest BCUT2D eigenvalue weighted by Gasteiger charge is -2.23. The molecule has 1 aromatic carbocycles. The Morgan fingerprint density at radius 2 is 2.20 bits per heavy atom. The van der Waals surface area contributed by atoms with Crippen LogP contribution in [0.1, 0.15) is 38.7 Å². The number of ether oxygens (including phenoxy) is 1. The zero-order valence-electron chi connectivity index (χ0n) is 12.5. The molecule has 0 aliphatic rings. The molecule has 1 unspecified atom stereocenters. The van der Waals surface area contributed by atoms with E-state index in [4.69, 9.17) is 4.74 Å². The molecule has 0 aliphatic heterocycles. The van der Waals surface area contributed by atoms with Crippen molar-refractivity contribution < 1.29 is 9.13 Å². The fourth-order valence-electron chi connectivity index (χ4n) is 1.92. The van der Waals surface area contributed by atoms with Crippen molar-refractivity contribution in [3.05, 3.63) is 29.6 Å². The third kappa shape index (κ3) is 5.18. The predicted molar refractivity (Wildman–Crippen MR) is 78.2 cm³/mol. The first-order valence-electron chi connectivity index (χ1n) is 7.06. The van der Waals surface area contributed by atoms with Crippen LogP contribution in [0.25, 0.3) is 0 Å². The molecular formula is C16H23FN2O. The fourth-order valence-corrected chi connectivity index (χ4v) is 1.92. The summed E-state index contributed by atoms with van der Waals surface area (Å²) in [5.41, 5.74) is 0.398. The number of halogens is 1. The van der Waals surface area contributed by atoms with Gasteiger partial charge in [0, 0.05) is 6.07 Å². The molecule has 1 aromatic rings. The Bertz CT molecular complexity index is 470. The van der Waals surface area contributed by atoms with Crippen molar-refractivity contribution in [2.75, 3.05) is 13.2 Å². The topological polar surface area (TPSA) is 45.0 Å². The van der Waals surface area contributed by atoms with Gasteiger partial charge in [-0.2, -0.15) is 5.26 Å². The second-order valence-corrected chi connectivity index (χ2v) is 5.23. The molecule has 0 spiro atoms. The molecule has 0 aliphatic carbocycles. The van der Waals surface area contributed by atoms with E-state index in [-0.39, 0.29) is 5.82 Å². The molecule has 0 saturated carbocycles. The van der Waals surface area contributed by atoms with Crippen LogP contribution in [0.5, 0.6) is 5.75 Å². The lowest BCUT2D eigenvalue weighted by atomic mass is 9.98. The number of benzene rings is 1. The van der Waals surface area contributed by atoms with Crippen LogP contribution in [-0.4, -0.2) is 18.7 Å². The fraction of sp³-hybridized carbons (Fsp3) is 0.562. The standard InChI is InChI=1S/C16H23FN2O/c1-4-9-19-16(3,12-18)8-5-10-20-15-11-14(17)7-6-13(15)2/h6-7,11,19H,4-5,8-10H2,1-3H3. The Morgan fingerprint density at radius 3 is 2.85 bits per heavy atom. The Hall–Kier alpha value is -1.60.